The Labute approximate surface area is 171 Å². The van der Waals surface area contributed by atoms with Gasteiger partial charge in [0.15, 0.2) is 0 Å². The van der Waals surface area contributed by atoms with E-state index in [0.717, 1.165) is 49.7 Å². The van der Waals surface area contributed by atoms with Gasteiger partial charge in [-0.2, -0.15) is 0 Å². The minimum atomic E-state index is -0.234. The van der Waals surface area contributed by atoms with Gasteiger partial charge in [0.1, 0.15) is 17.4 Å². The third-order valence-electron chi connectivity index (χ3n) is 4.89. The normalized spacial score (nSPS) is 15.0. The summed E-state index contributed by atoms with van der Waals surface area (Å²) in [5.41, 5.74) is 1.28. The summed E-state index contributed by atoms with van der Waals surface area (Å²) in [6.45, 7) is 3.41. The number of thiazole rings is 1. The standard InChI is InChI=1S/C21H29N3O3S/c1-23(2)15-18-3-5-19(6-4-18)26-13-9-17-7-11-24(12-8-17)21(25)27-16-20-22-10-14-28-20/h3-6,10,14,17H,7-9,11-13,15-16H2,1-2H3. The van der Waals surface area contributed by atoms with E-state index in [1.807, 2.05) is 17.5 Å². The van der Waals surface area contributed by atoms with Gasteiger partial charge in [-0.15, -0.1) is 11.3 Å². The summed E-state index contributed by atoms with van der Waals surface area (Å²) in [6, 6.07) is 8.32. The number of carbonyl (C=O) groups excluding carboxylic acids is 1. The lowest BCUT2D eigenvalue weighted by atomic mass is 9.94. The molecular weight excluding hydrogens is 374 g/mol. The second kappa shape index (κ2) is 10.4. The van der Waals surface area contributed by atoms with Gasteiger partial charge in [-0.1, -0.05) is 12.1 Å². The van der Waals surface area contributed by atoms with Crippen LogP contribution in [0, 0.1) is 5.92 Å². The second-order valence-corrected chi connectivity index (χ2v) is 8.41. The molecule has 6 nitrogen and oxygen atoms in total. The summed E-state index contributed by atoms with van der Waals surface area (Å²) >= 11 is 1.50. The number of carbonyl (C=O) groups is 1. The summed E-state index contributed by atoms with van der Waals surface area (Å²) in [5, 5.41) is 2.71. The zero-order chi connectivity index (χ0) is 19.8. The summed E-state index contributed by atoms with van der Waals surface area (Å²) in [4.78, 5) is 20.2. The van der Waals surface area contributed by atoms with E-state index in [1.54, 1.807) is 11.1 Å². The van der Waals surface area contributed by atoms with Gasteiger partial charge < -0.3 is 19.3 Å². The van der Waals surface area contributed by atoms with E-state index in [2.05, 4.69) is 36.1 Å². The molecule has 1 amide bonds. The highest BCUT2D eigenvalue weighted by molar-refractivity contribution is 7.09. The van der Waals surface area contributed by atoms with Crippen LogP contribution in [-0.4, -0.2) is 54.7 Å². The van der Waals surface area contributed by atoms with Crippen LogP contribution in [0.5, 0.6) is 5.75 Å². The highest BCUT2D eigenvalue weighted by Gasteiger charge is 2.23. The lowest BCUT2D eigenvalue weighted by molar-refractivity contribution is 0.0799. The molecule has 7 heteroatoms. The molecule has 1 saturated heterocycles. The molecule has 2 aromatic rings. The van der Waals surface area contributed by atoms with E-state index >= 15 is 0 Å². The van der Waals surface area contributed by atoms with Gasteiger partial charge in [-0.25, -0.2) is 9.78 Å². The Balaban J connectivity index is 1.31. The van der Waals surface area contributed by atoms with Crippen molar-refractivity contribution in [3.63, 3.8) is 0 Å². The number of amides is 1. The van der Waals surface area contributed by atoms with Crippen molar-refractivity contribution in [2.24, 2.45) is 5.92 Å². The van der Waals surface area contributed by atoms with Gasteiger partial charge in [-0.3, -0.25) is 0 Å². The molecule has 3 rings (SSSR count). The molecule has 0 bridgehead atoms. The number of piperidine rings is 1. The van der Waals surface area contributed by atoms with Crippen LogP contribution in [0.25, 0.3) is 0 Å². The van der Waals surface area contributed by atoms with Crippen molar-refractivity contribution in [1.29, 1.82) is 0 Å². The molecular formula is C21H29N3O3S. The average molecular weight is 404 g/mol. The minimum Gasteiger partial charge on any atom is -0.494 e. The zero-order valence-corrected chi connectivity index (χ0v) is 17.5. The smallest absolute Gasteiger partial charge is 0.410 e. The fraction of sp³-hybridized carbons (Fsp3) is 0.524. The fourth-order valence-corrected chi connectivity index (χ4v) is 3.87. The van der Waals surface area contributed by atoms with Gasteiger partial charge in [0, 0.05) is 31.2 Å². The van der Waals surface area contributed by atoms with Crippen LogP contribution >= 0.6 is 11.3 Å². The van der Waals surface area contributed by atoms with Crippen LogP contribution in [0.3, 0.4) is 0 Å². The third kappa shape index (κ3) is 6.49. The van der Waals surface area contributed by atoms with Crippen LogP contribution in [0.4, 0.5) is 4.79 Å². The largest absolute Gasteiger partial charge is 0.494 e. The third-order valence-corrected chi connectivity index (χ3v) is 5.65. The molecule has 1 aromatic carbocycles. The molecule has 0 unspecified atom stereocenters. The van der Waals surface area contributed by atoms with E-state index in [1.165, 1.54) is 16.9 Å². The van der Waals surface area contributed by atoms with Crippen LogP contribution in [0.15, 0.2) is 35.8 Å². The highest BCUT2D eigenvalue weighted by atomic mass is 32.1. The highest BCUT2D eigenvalue weighted by Crippen LogP contribution is 2.22. The maximum Gasteiger partial charge on any atom is 0.410 e. The number of hydrogen-bond acceptors (Lipinski definition) is 6. The van der Waals surface area contributed by atoms with Crippen LogP contribution in [0.1, 0.15) is 29.8 Å². The fourth-order valence-electron chi connectivity index (χ4n) is 3.34. The lowest BCUT2D eigenvalue weighted by Crippen LogP contribution is -2.39. The molecule has 0 radical (unpaired) electrons. The number of hydrogen-bond donors (Lipinski definition) is 0. The molecule has 0 saturated carbocycles. The van der Waals surface area contributed by atoms with E-state index in [4.69, 9.17) is 9.47 Å². The summed E-state index contributed by atoms with van der Waals surface area (Å²) in [6.07, 6.45) is 4.50. The van der Waals surface area contributed by atoms with Crippen molar-refractivity contribution >= 4 is 17.4 Å². The molecule has 0 atom stereocenters. The monoisotopic (exact) mass is 403 g/mol. The van der Waals surface area contributed by atoms with E-state index in [0.29, 0.717) is 12.5 Å². The van der Waals surface area contributed by atoms with Gasteiger partial charge in [0.25, 0.3) is 0 Å². The molecule has 1 fully saturated rings. The first-order chi connectivity index (χ1) is 13.6. The number of nitrogens with zero attached hydrogens (tertiary/aromatic N) is 3. The molecule has 1 aliphatic rings. The molecule has 1 aliphatic heterocycles. The van der Waals surface area contributed by atoms with Crippen molar-refractivity contribution in [3.8, 4) is 5.75 Å². The summed E-state index contributed by atoms with van der Waals surface area (Å²) < 4.78 is 11.2. The Morgan fingerprint density at radius 3 is 2.64 bits per heavy atom. The zero-order valence-electron chi connectivity index (χ0n) is 16.7. The Morgan fingerprint density at radius 1 is 1.25 bits per heavy atom. The maximum atomic E-state index is 12.1. The van der Waals surface area contributed by atoms with Gasteiger partial charge in [-0.05, 0) is 57.0 Å². The second-order valence-electron chi connectivity index (χ2n) is 7.43. The number of rotatable bonds is 8. The molecule has 2 heterocycles. The summed E-state index contributed by atoms with van der Waals surface area (Å²) in [7, 11) is 4.13. The summed E-state index contributed by atoms with van der Waals surface area (Å²) in [5.74, 6) is 1.52. The van der Waals surface area contributed by atoms with E-state index in [-0.39, 0.29) is 12.7 Å². The first-order valence-electron chi connectivity index (χ1n) is 9.76. The van der Waals surface area contributed by atoms with Crippen LogP contribution in [0.2, 0.25) is 0 Å². The van der Waals surface area contributed by atoms with Crippen LogP contribution in [-0.2, 0) is 17.9 Å². The number of likely N-dealkylation sites (tertiary alicyclic amines) is 1. The van der Waals surface area contributed by atoms with Gasteiger partial charge in [0.2, 0.25) is 0 Å². The number of aromatic nitrogens is 1. The predicted octanol–water partition coefficient (Wildman–Crippen LogP) is 4.02. The first-order valence-corrected chi connectivity index (χ1v) is 10.6. The van der Waals surface area contributed by atoms with Crippen molar-refractivity contribution in [2.75, 3.05) is 33.8 Å². The number of ether oxygens (including phenoxy) is 2. The van der Waals surface area contributed by atoms with Gasteiger partial charge >= 0.3 is 6.09 Å². The molecule has 28 heavy (non-hydrogen) atoms. The molecule has 0 spiro atoms. The van der Waals surface area contributed by atoms with Crippen molar-refractivity contribution in [1.82, 2.24) is 14.8 Å². The quantitative estimate of drug-likeness (QED) is 0.666. The maximum absolute atomic E-state index is 12.1. The SMILES string of the molecule is CN(C)Cc1ccc(OCCC2CCN(C(=O)OCc3nccs3)CC2)cc1. The Bertz CT molecular complexity index is 711. The molecule has 152 valence electrons. The number of benzene rings is 1. The Morgan fingerprint density at radius 2 is 2.00 bits per heavy atom. The average Bonchev–Trinajstić information content (AvgIpc) is 3.21. The lowest BCUT2D eigenvalue weighted by Gasteiger charge is -2.31. The Hall–Kier alpha value is -2.12. The molecule has 1 aromatic heterocycles. The van der Waals surface area contributed by atoms with Crippen LogP contribution < -0.4 is 4.74 Å². The molecule has 0 N–H and O–H groups in total. The predicted molar refractivity (Wildman–Crippen MR) is 111 cm³/mol. The van der Waals surface area contributed by atoms with Gasteiger partial charge in [0.05, 0.1) is 6.61 Å². The topological polar surface area (TPSA) is 54.9 Å². The first kappa shape index (κ1) is 20.6. The van der Waals surface area contributed by atoms with Crippen molar-refractivity contribution in [2.45, 2.75) is 32.4 Å². The van der Waals surface area contributed by atoms with E-state index in [9.17, 15) is 4.79 Å². The molecule has 0 aliphatic carbocycles. The van der Waals surface area contributed by atoms with Crippen molar-refractivity contribution < 1.29 is 14.3 Å². The Kier molecular flexibility index (Phi) is 7.68. The van der Waals surface area contributed by atoms with E-state index < -0.39 is 0 Å². The van der Waals surface area contributed by atoms with Crippen molar-refractivity contribution in [3.05, 3.63) is 46.4 Å². The minimum absolute atomic E-state index is 0.234.